The van der Waals surface area contributed by atoms with Gasteiger partial charge in [-0.1, -0.05) is 6.07 Å². The fraction of sp³-hybridized carbons (Fsp3) is 0.545. The van der Waals surface area contributed by atoms with Gasteiger partial charge in [0.2, 0.25) is 0 Å². The van der Waals surface area contributed by atoms with Gasteiger partial charge in [-0.25, -0.2) is 0 Å². The van der Waals surface area contributed by atoms with Gasteiger partial charge in [-0.05, 0) is 38.4 Å². The lowest BCUT2D eigenvalue weighted by Crippen LogP contribution is -2.15. The number of pyridine rings is 1. The SMILES string of the molecule is Cc1cccc(CNCCCCCl)n1. The summed E-state index contributed by atoms with van der Waals surface area (Å²) in [5, 5.41) is 3.34. The van der Waals surface area contributed by atoms with Gasteiger partial charge in [0.1, 0.15) is 0 Å². The van der Waals surface area contributed by atoms with Crippen LogP contribution in [0.15, 0.2) is 18.2 Å². The van der Waals surface area contributed by atoms with E-state index in [9.17, 15) is 0 Å². The van der Waals surface area contributed by atoms with E-state index in [1.165, 1.54) is 0 Å². The molecular weight excluding hydrogens is 196 g/mol. The molecule has 0 aromatic carbocycles. The van der Waals surface area contributed by atoms with Crippen molar-refractivity contribution < 1.29 is 0 Å². The summed E-state index contributed by atoms with van der Waals surface area (Å²) < 4.78 is 0. The smallest absolute Gasteiger partial charge is 0.0544 e. The highest BCUT2D eigenvalue weighted by Gasteiger charge is 1.93. The standard InChI is InChI=1S/C11H17ClN2/c1-10-5-4-6-11(14-10)9-13-8-3-2-7-12/h4-6,13H,2-3,7-9H2,1H3. The molecule has 0 aliphatic rings. The number of alkyl halides is 1. The second-order valence-electron chi connectivity index (χ2n) is 3.34. The minimum Gasteiger partial charge on any atom is -0.311 e. The maximum Gasteiger partial charge on any atom is 0.0544 e. The monoisotopic (exact) mass is 212 g/mol. The maximum atomic E-state index is 5.58. The fourth-order valence-electron chi connectivity index (χ4n) is 1.26. The quantitative estimate of drug-likeness (QED) is 0.579. The van der Waals surface area contributed by atoms with Crippen molar-refractivity contribution in [3.05, 3.63) is 29.6 Å². The molecule has 0 aliphatic heterocycles. The second-order valence-corrected chi connectivity index (χ2v) is 3.72. The van der Waals surface area contributed by atoms with Crippen LogP contribution < -0.4 is 5.32 Å². The van der Waals surface area contributed by atoms with Crippen LogP contribution in [-0.2, 0) is 6.54 Å². The molecule has 0 fully saturated rings. The zero-order chi connectivity index (χ0) is 10.2. The summed E-state index contributed by atoms with van der Waals surface area (Å²) in [7, 11) is 0. The van der Waals surface area contributed by atoms with Crippen molar-refractivity contribution in [3.8, 4) is 0 Å². The Morgan fingerprint density at radius 3 is 2.93 bits per heavy atom. The van der Waals surface area contributed by atoms with Crippen molar-refractivity contribution in [1.82, 2.24) is 10.3 Å². The molecule has 0 aliphatic carbocycles. The molecular formula is C11H17ClN2. The van der Waals surface area contributed by atoms with Gasteiger partial charge in [0.05, 0.1) is 5.69 Å². The van der Waals surface area contributed by atoms with Crippen LogP contribution in [0.5, 0.6) is 0 Å². The first-order valence-corrected chi connectivity index (χ1v) is 5.55. The van der Waals surface area contributed by atoms with Gasteiger partial charge < -0.3 is 5.32 Å². The number of aryl methyl sites for hydroxylation is 1. The average molecular weight is 213 g/mol. The molecule has 1 rings (SSSR count). The largest absolute Gasteiger partial charge is 0.311 e. The van der Waals surface area contributed by atoms with Gasteiger partial charge in [0.15, 0.2) is 0 Å². The Kier molecular flexibility index (Phi) is 5.57. The minimum absolute atomic E-state index is 0.754. The number of unbranched alkanes of at least 4 members (excludes halogenated alkanes) is 1. The molecule has 2 nitrogen and oxygen atoms in total. The highest BCUT2D eigenvalue weighted by molar-refractivity contribution is 6.17. The van der Waals surface area contributed by atoms with Gasteiger partial charge in [0.25, 0.3) is 0 Å². The van der Waals surface area contributed by atoms with Crippen LogP contribution in [0.2, 0.25) is 0 Å². The first kappa shape index (κ1) is 11.5. The lowest BCUT2D eigenvalue weighted by atomic mass is 10.3. The molecule has 0 saturated heterocycles. The first-order chi connectivity index (χ1) is 6.83. The zero-order valence-corrected chi connectivity index (χ0v) is 9.35. The summed E-state index contributed by atoms with van der Waals surface area (Å²) >= 11 is 5.58. The van der Waals surface area contributed by atoms with Crippen LogP contribution in [0, 0.1) is 6.92 Å². The molecule has 0 amide bonds. The zero-order valence-electron chi connectivity index (χ0n) is 8.59. The van der Waals surface area contributed by atoms with Gasteiger partial charge in [-0.15, -0.1) is 11.6 Å². The van der Waals surface area contributed by atoms with E-state index in [0.29, 0.717) is 0 Å². The molecule has 1 aromatic rings. The Labute approximate surface area is 90.7 Å². The third kappa shape index (κ3) is 4.58. The Bertz CT molecular complexity index is 263. The Morgan fingerprint density at radius 2 is 2.21 bits per heavy atom. The molecule has 0 unspecified atom stereocenters. The van der Waals surface area contributed by atoms with Crippen LogP contribution in [-0.4, -0.2) is 17.4 Å². The van der Waals surface area contributed by atoms with Gasteiger partial charge in [-0.3, -0.25) is 4.98 Å². The average Bonchev–Trinajstić information content (AvgIpc) is 2.18. The highest BCUT2D eigenvalue weighted by atomic mass is 35.5. The summed E-state index contributed by atoms with van der Waals surface area (Å²) in [6.07, 6.45) is 2.21. The lowest BCUT2D eigenvalue weighted by Gasteiger charge is -2.03. The van der Waals surface area contributed by atoms with Crippen molar-refractivity contribution in [1.29, 1.82) is 0 Å². The number of rotatable bonds is 6. The Balaban J connectivity index is 2.18. The van der Waals surface area contributed by atoms with Crippen molar-refractivity contribution in [2.75, 3.05) is 12.4 Å². The van der Waals surface area contributed by atoms with E-state index >= 15 is 0 Å². The van der Waals surface area contributed by atoms with Gasteiger partial charge in [-0.2, -0.15) is 0 Å². The van der Waals surface area contributed by atoms with Crippen LogP contribution in [0.3, 0.4) is 0 Å². The number of aromatic nitrogens is 1. The fourth-order valence-corrected chi connectivity index (χ4v) is 1.45. The number of hydrogen-bond donors (Lipinski definition) is 1. The molecule has 78 valence electrons. The van der Waals surface area contributed by atoms with E-state index in [4.69, 9.17) is 11.6 Å². The van der Waals surface area contributed by atoms with E-state index in [1.807, 2.05) is 25.1 Å². The second kappa shape index (κ2) is 6.80. The summed E-state index contributed by atoms with van der Waals surface area (Å²) in [6.45, 7) is 3.88. The van der Waals surface area contributed by atoms with Crippen LogP contribution >= 0.6 is 11.6 Å². The van der Waals surface area contributed by atoms with E-state index in [2.05, 4.69) is 10.3 Å². The predicted octanol–water partition coefficient (Wildman–Crippen LogP) is 2.50. The topological polar surface area (TPSA) is 24.9 Å². The first-order valence-electron chi connectivity index (χ1n) is 5.02. The van der Waals surface area contributed by atoms with E-state index in [0.717, 1.165) is 43.2 Å². The molecule has 3 heteroatoms. The molecule has 0 bridgehead atoms. The number of nitrogens with one attached hydrogen (secondary N) is 1. The number of halogens is 1. The van der Waals surface area contributed by atoms with Crippen LogP contribution in [0.4, 0.5) is 0 Å². The van der Waals surface area contributed by atoms with E-state index in [1.54, 1.807) is 0 Å². The maximum absolute atomic E-state index is 5.58. The van der Waals surface area contributed by atoms with Crippen molar-refractivity contribution in [2.24, 2.45) is 0 Å². The molecule has 0 saturated carbocycles. The molecule has 0 spiro atoms. The van der Waals surface area contributed by atoms with Crippen molar-refractivity contribution in [2.45, 2.75) is 26.3 Å². The lowest BCUT2D eigenvalue weighted by molar-refractivity contribution is 0.634. The van der Waals surface area contributed by atoms with E-state index in [-0.39, 0.29) is 0 Å². The van der Waals surface area contributed by atoms with Crippen molar-refractivity contribution >= 4 is 11.6 Å². The Hall–Kier alpha value is -0.600. The molecule has 1 N–H and O–H groups in total. The van der Waals surface area contributed by atoms with Crippen LogP contribution in [0.1, 0.15) is 24.2 Å². The molecule has 1 aromatic heterocycles. The molecule has 14 heavy (non-hydrogen) atoms. The van der Waals surface area contributed by atoms with Crippen LogP contribution in [0.25, 0.3) is 0 Å². The van der Waals surface area contributed by atoms with Gasteiger partial charge in [0, 0.05) is 18.1 Å². The molecule has 0 atom stereocenters. The highest BCUT2D eigenvalue weighted by Crippen LogP contribution is 1.97. The normalized spacial score (nSPS) is 10.4. The third-order valence-electron chi connectivity index (χ3n) is 1.99. The molecule has 1 heterocycles. The summed E-state index contributed by atoms with van der Waals surface area (Å²) in [6, 6.07) is 6.09. The van der Waals surface area contributed by atoms with Crippen molar-refractivity contribution in [3.63, 3.8) is 0 Å². The number of hydrogen-bond acceptors (Lipinski definition) is 2. The minimum atomic E-state index is 0.754. The van der Waals surface area contributed by atoms with Gasteiger partial charge >= 0.3 is 0 Å². The Morgan fingerprint density at radius 1 is 1.36 bits per heavy atom. The number of nitrogens with zero attached hydrogens (tertiary/aromatic N) is 1. The third-order valence-corrected chi connectivity index (χ3v) is 2.26. The summed E-state index contributed by atoms with van der Waals surface area (Å²) in [5.74, 6) is 0.754. The molecule has 0 radical (unpaired) electrons. The predicted molar refractivity (Wildman–Crippen MR) is 60.6 cm³/mol. The van der Waals surface area contributed by atoms with E-state index < -0.39 is 0 Å². The summed E-state index contributed by atoms with van der Waals surface area (Å²) in [5.41, 5.74) is 2.18. The summed E-state index contributed by atoms with van der Waals surface area (Å²) in [4.78, 5) is 4.40.